The monoisotopic (exact) mass is 306 g/mol. The van der Waals surface area contributed by atoms with Gasteiger partial charge in [0.1, 0.15) is 10.6 Å². The number of rotatable bonds is 8. The summed E-state index contributed by atoms with van der Waals surface area (Å²) in [6.07, 6.45) is 7.01. The van der Waals surface area contributed by atoms with Gasteiger partial charge in [-0.25, -0.2) is 4.98 Å². The molecule has 21 heavy (non-hydrogen) atoms. The van der Waals surface area contributed by atoms with Crippen LogP contribution in [0.4, 0.5) is 11.8 Å². The summed E-state index contributed by atoms with van der Waals surface area (Å²) in [4.78, 5) is 11.1. The summed E-state index contributed by atoms with van der Waals surface area (Å²) in [7, 11) is 0. The second-order valence-electron chi connectivity index (χ2n) is 5.49. The van der Waals surface area contributed by atoms with E-state index in [9.17, 15) is 0 Å². The first kappa shape index (κ1) is 16.0. The number of unbranched alkanes of at least 4 members (excludes halogenated alkanes) is 1. The van der Waals surface area contributed by atoms with Gasteiger partial charge in [0, 0.05) is 10.9 Å². The molecule has 0 bridgehead atoms. The predicted molar refractivity (Wildman–Crippen MR) is 93.0 cm³/mol. The Morgan fingerprint density at radius 3 is 2.67 bits per heavy atom. The van der Waals surface area contributed by atoms with Gasteiger partial charge in [0.25, 0.3) is 0 Å². The van der Waals surface area contributed by atoms with Crippen LogP contribution < -0.4 is 11.1 Å². The van der Waals surface area contributed by atoms with Gasteiger partial charge in [-0.05, 0) is 25.3 Å². The first-order valence-electron chi connectivity index (χ1n) is 8.00. The van der Waals surface area contributed by atoms with Crippen molar-refractivity contribution < 1.29 is 0 Å². The van der Waals surface area contributed by atoms with E-state index in [1.54, 1.807) is 11.3 Å². The van der Waals surface area contributed by atoms with E-state index in [4.69, 9.17) is 5.73 Å². The van der Waals surface area contributed by atoms with Crippen LogP contribution in [0.3, 0.4) is 0 Å². The molecule has 0 amide bonds. The van der Waals surface area contributed by atoms with Gasteiger partial charge < -0.3 is 11.1 Å². The van der Waals surface area contributed by atoms with Crippen LogP contribution in [-0.4, -0.2) is 16.0 Å². The highest BCUT2D eigenvalue weighted by Gasteiger charge is 2.14. The Bertz CT molecular complexity index is 579. The van der Waals surface area contributed by atoms with Crippen molar-refractivity contribution in [3.8, 4) is 0 Å². The minimum atomic E-state index is 0.361. The quantitative estimate of drug-likeness (QED) is 0.747. The van der Waals surface area contributed by atoms with E-state index in [0.717, 1.165) is 28.9 Å². The van der Waals surface area contributed by atoms with Crippen molar-refractivity contribution in [3.63, 3.8) is 0 Å². The molecular weight excluding hydrogens is 280 g/mol. The molecule has 0 aliphatic rings. The fraction of sp³-hybridized carbons (Fsp3) is 0.625. The summed E-state index contributed by atoms with van der Waals surface area (Å²) in [5.74, 6) is 1.27. The van der Waals surface area contributed by atoms with Crippen molar-refractivity contribution in [3.05, 3.63) is 10.9 Å². The van der Waals surface area contributed by atoms with Crippen molar-refractivity contribution >= 4 is 33.3 Å². The van der Waals surface area contributed by atoms with Crippen molar-refractivity contribution in [2.75, 3.05) is 11.1 Å². The lowest BCUT2D eigenvalue weighted by molar-refractivity contribution is 0.563. The second-order valence-corrected chi connectivity index (χ2v) is 6.60. The molecule has 0 saturated carbocycles. The fourth-order valence-electron chi connectivity index (χ4n) is 2.55. The van der Waals surface area contributed by atoms with Crippen LogP contribution in [0.15, 0.2) is 6.07 Å². The lowest BCUT2D eigenvalue weighted by atomic mass is 10.1. The molecular formula is C16H26N4S. The topological polar surface area (TPSA) is 63.8 Å². The number of nitrogens with one attached hydrogen (secondary N) is 1. The molecule has 2 aromatic heterocycles. The van der Waals surface area contributed by atoms with Crippen molar-refractivity contribution in [1.29, 1.82) is 0 Å². The number of nitrogens with zero attached hydrogens (tertiary/aromatic N) is 2. The third kappa shape index (κ3) is 4.06. The maximum absolute atomic E-state index is 5.87. The molecule has 1 unspecified atom stereocenters. The van der Waals surface area contributed by atoms with Gasteiger partial charge in [-0.1, -0.05) is 40.0 Å². The molecule has 0 aliphatic heterocycles. The highest BCUT2D eigenvalue weighted by Crippen LogP contribution is 2.30. The summed E-state index contributed by atoms with van der Waals surface area (Å²) in [5.41, 5.74) is 5.87. The molecule has 2 heterocycles. The zero-order valence-electron chi connectivity index (χ0n) is 13.3. The molecule has 0 radical (unpaired) electrons. The lowest BCUT2D eigenvalue weighted by Gasteiger charge is -2.19. The molecule has 116 valence electrons. The minimum Gasteiger partial charge on any atom is -0.368 e. The predicted octanol–water partition coefficient (Wildman–Crippen LogP) is 4.61. The normalized spacial score (nSPS) is 12.7. The standard InChI is InChI=1S/C16H26N4S/c1-4-7-9-11(8-5-2)18-14-13-10-12(6-3)21-15(13)20-16(17)19-14/h10-11H,4-9H2,1-3H3,(H3,17,18,19,20). The average Bonchev–Trinajstić information content (AvgIpc) is 2.88. The van der Waals surface area contributed by atoms with E-state index in [2.05, 4.69) is 42.1 Å². The van der Waals surface area contributed by atoms with Gasteiger partial charge in [-0.3, -0.25) is 0 Å². The van der Waals surface area contributed by atoms with Crippen LogP contribution in [-0.2, 0) is 6.42 Å². The molecule has 2 aromatic rings. The van der Waals surface area contributed by atoms with E-state index < -0.39 is 0 Å². The highest BCUT2D eigenvalue weighted by atomic mass is 32.1. The number of hydrogen-bond acceptors (Lipinski definition) is 5. The average molecular weight is 306 g/mol. The number of aryl methyl sites for hydroxylation is 1. The number of nitrogens with two attached hydrogens (primary N) is 1. The lowest BCUT2D eigenvalue weighted by Crippen LogP contribution is -2.20. The molecule has 4 nitrogen and oxygen atoms in total. The van der Waals surface area contributed by atoms with Crippen molar-refractivity contribution in [2.24, 2.45) is 0 Å². The third-order valence-corrected chi connectivity index (χ3v) is 4.87. The maximum atomic E-state index is 5.87. The van der Waals surface area contributed by atoms with Crippen LogP contribution >= 0.6 is 11.3 Å². The number of fused-ring (bicyclic) bond motifs is 1. The Balaban J connectivity index is 2.28. The number of hydrogen-bond donors (Lipinski definition) is 2. The molecule has 0 aromatic carbocycles. The Morgan fingerprint density at radius 1 is 1.19 bits per heavy atom. The minimum absolute atomic E-state index is 0.361. The number of anilines is 2. The van der Waals surface area contributed by atoms with Gasteiger partial charge >= 0.3 is 0 Å². The van der Waals surface area contributed by atoms with E-state index in [0.29, 0.717) is 12.0 Å². The molecule has 0 saturated heterocycles. The first-order valence-corrected chi connectivity index (χ1v) is 8.82. The van der Waals surface area contributed by atoms with Crippen molar-refractivity contribution in [2.45, 2.75) is 65.3 Å². The largest absolute Gasteiger partial charge is 0.368 e. The number of thiophene rings is 1. The van der Waals surface area contributed by atoms with Crippen LogP contribution in [0.2, 0.25) is 0 Å². The highest BCUT2D eigenvalue weighted by molar-refractivity contribution is 7.18. The van der Waals surface area contributed by atoms with Gasteiger partial charge in [-0.15, -0.1) is 11.3 Å². The van der Waals surface area contributed by atoms with Gasteiger partial charge in [0.2, 0.25) is 5.95 Å². The molecule has 0 fully saturated rings. The zero-order chi connectivity index (χ0) is 15.2. The molecule has 5 heteroatoms. The SMILES string of the molecule is CCCCC(CCC)Nc1nc(N)nc2sc(CC)cc12. The molecule has 3 N–H and O–H groups in total. The molecule has 2 rings (SSSR count). The summed E-state index contributed by atoms with van der Waals surface area (Å²) in [6, 6.07) is 2.67. The van der Waals surface area contributed by atoms with E-state index >= 15 is 0 Å². The van der Waals surface area contributed by atoms with Gasteiger partial charge in [-0.2, -0.15) is 4.98 Å². The van der Waals surface area contributed by atoms with E-state index in [1.165, 1.54) is 30.6 Å². The summed E-state index contributed by atoms with van der Waals surface area (Å²) in [5, 5.41) is 4.73. The van der Waals surface area contributed by atoms with Crippen LogP contribution in [0.1, 0.15) is 57.8 Å². The van der Waals surface area contributed by atoms with Crippen LogP contribution in [0.5, 0.6) is 0 Å². The Kier molecular flexibility index (Phi) is 5.79. The molecule has 0 spiro atoms. The Morgan fingerprint density at radius 2 is 2.00 bits per heavy atom. The molecule has 1 atom stereocenters. The van der Waals surface area contributed by atoms with E-state index in [1.807, 2.05) is 0 Å². The van der Waals surface area contributed by atoms with Crippen LogP contribution in [0, 0.1) is 0 Å². The summed E-state index contributed by atoms with van der Waals surface area (Å²) in [6.45, 7) is 6.62. The second kappa shape index (κ2) is 7.59. The summed E-state index contributed by atoms with van der Waals surface area (Å²) >= 11 is 1.71. The van der Waals surface area contributed by atoms with Crippen molar-refractivity contribution in [1.82, 2.24) is 9.97 Å². The first-order chi connectivity index (χ1) is 10.2. The Hall–Kier alpha value is -1.36. The smallest absolute Gasteiger partial charge is 0.223 e. The third-order valence-electron chi connectivity index (χ3n) is 3.69. The fourth-order valence-corrected chi connectivity index (χ4v) is 3.53. The number of aromatic nitrogens is 2. The Labute approximate surface area is 131 Å². The van der Waals surface area contributed by atoms with Gasteiger partial charge in [0.15, 0.2) is 0 Å². The maximum Gasteiger partial charge on any atom is 0.223 e. The zero-order valence-corrected chi connectivity index (χ0v) is 14.1. The molecule has 0 aliphatic carbocycles. The van der Waals surface area contributed by atoms with E-state index in [-0.39, 0.29) is 0 Å². The number of nitrogen functional groups attached to an aromatic ring is 1. The van der Waals surface area contributed by atoms with Gasteiger partial charge in [0.05, 0.1) is 5.39 Å². The summed E-state index contributed by atoms with van der Waals surface area (Å²) < 4.78 is 0. The van der Waals surface area contributed by atoms with Crippen LogP contribution in [0.25, 0.3) is 10.2 Å².